The number of piperidine rings is 1. The number of carbonyl (C=O) groups excluding carboxylic acids is 2. The van der Waals surface area contributed by atoms with E-state index < -0.39 is 0 Å². The SMILES string of the molecule is CCOc1cc(C(=O)NCCc2cccs2)ccc1OCC(=O)N1CCCCC1. The third kappa shape index (κ3) is 6.22. The largest absolute Gasteiger partial charge is 0.490 e. The molecule has 2 amide bonds. The predicted molar refractivity (Wildman–Crippen MR) is 114 cm³/mol. The minimum Gasteiger partial charge on any atom is -0.490 e. The van der Waals surface area contributed by atoms with Gasteiger partial charge in [0.1, 0.15) is 0 Å². The van der Waals surface area contributed by atoms with Crippen molar-refractivity contribution in [3.63, 3.8) is 0 Å². The van der Waals surface area contributed by atoms with Gasteiger partial charge in [-0.3, -0.25) is 9.59 Å². The molecule has 1 aromatic heterocycles. The van der Waals surface area contributed by atoms with Crippen LogP contribution in [0.2, 0.25) is 0 Å². The van der Waals surface area contributed by atoms with E-state index in [1.807, 2.05) is 23.3 Å². The summed E-state index contributed by atoms with van der Waals surface area (Å²) in [6, 6.07) is 9.13. The molecule has 3 rings (SSSR count). The second-order valence-electron chi connectivity index (χ2n) is 6.91. The van der Waals surface area contributed by atoms with Crippen LogP contribution in [0.15, 0.2) is 35.7 Å². The molecule has 156 valence electrons. The molecule has 29 heavy (non-hydrogen) atoms. The lowest BCUT2D eigenvalue weighted by Crippen LogP contribution is -2.38. The monoisotopic (exact) mass is 416 g/mol. The summed E-state index contributed by atoms with van der Waals surface area (Å²) >= 11 is 1.68. The molecule has 7 heteroatoms. The molecule has 1 aliphatic rings. The van der Waals surface area contributed by atoms with Crippen LogP contribution in [0.5, 0.6) is 11.5 Å². The number of hydrogen-bond donors (Lipinski definition) is 1. The Bertz CT molecular complexity index is 801. The molecule has 2 heterocycles. The second-order valence-corrected chi connectivity index (χ2v) is 7.94. The highest BCUT2D eigenvalue weighted by atomic mass is 32.1. The molecule has 1 N–H and O–H groups in total. The highest BCUT2D eigenvalue weighted by molar-refractivity contribution is 7.09. The average Bonchev–Trinajstić information content (AvgIpc) is 3.27. The number of ether oxygens (including phenoxy) is 2. The van der Waals surface area contributed by atoms with Gasteiger partial charge in [-0.25, -0.2) is 0 Å². The van der Waals surface area contributed by atoms with Crippen LogP contribution >= 0.6 is 11.3 Å². The first-order valence-corrected chi connectivity index (χ1v) is 11.0. The molecule has 1 saturated heterocycles. The smallest absolute Gasteiger partial charge is 0.260 e. The third-order valence-corrected chi connectivity index (χ3v) is 5.74. The number of hydrogen-bond acceptors (Lipinski definition) is 5. The van der Waals surface area contributed by atoms with Gasteiger partial charge in [0.25, 0.3) is 11.8 Å². The lowest BCUT2D eigenvalue weighted by Gasteiger charge is -2.26. The lowest BCUT2D eigenvalue weighted by molar-refractivity contribution is -0.134. The number of nitrogens with one attached hydrogen (secondary N) is 1. The molecule has 1 aliphatic heterocycles. The van der Waals surface area contributed by atoms with Crippen LogP contribution in [0.3, 0.4) is 0 Å². The Labute approximate surface area is 175 Å². The van der Waals surface area contributed by atoms with Crippen molar-refractivity contribution in [3.8, 4) is 11.5 Å². The molecule has 0 radical (unpaired) electrons. The van der Waals surface area contributed by atoms with Crippen molar-refractivity contribution in [2.75, 3.05) is 32.8 Å². The first-order valence-electron chi connectivity index (χ1n) is 10.2. The van der Waals surface area contributed by atoms with Gasteiger partial charge in [-0.15, -0.1) is 11.3 Å². The van der Waals surface area contributed by atoms with Gasteiger partial charge in [-0.2, -0.15) is 0 Å². The molecule has 1 aromatic carbocycles. The molecule has 0 bridgehead atoms. The zero-order chi connectivity index (χ0) is 20.5. The summed E-state index contributed by atoms with van der Waals surface area (Å²) in [5, 5.41) is 4.96. The Balaban J connectivity index is 1.56. The Kier molecular flexibility index (Phi) is 7.93. The summed E-state index contributed by atoms with van der Waals surface area (Å²) in [5.74, 6) is 0.790. The zero-order valence-corrected chi connectivity index (χ0v) is 17.6. The van der Waals surface area contributed by atoms with Crippen molar-refractivity contribution in [2.45, 2.75) is 32.6 Å². The fourth-order valence-corrected chi connectivity index (χ4v) is 3.98. The first-order chi connectivity index (χ1) is 14.2. The van der Waals surface area contributed by atoms with Crippen LogP contribution in [0, 0.1) is 0 Å². The summed E-state index contributed by atoms with van der Waals surface area (Å²) in [5.41, 5.74) is 0.509. The van der Waals surface area contributed by atoms with E-state index in [9.17, 15) is 9.59 Å². The number of nitrogens with zero attached hydrogens (tertiary/aromatic N) is 1. The predicted octanol–water partition coefficient (Wildman–Crippen LogP) is 3.51. The van der Waals surface area contributed by atoms with Gasteiger partial charge >= 0.3 is 0 Å². The van der Waals surface area contributed by atoms with Crippen molar-refractivity contribution in [1.82, 2.24) is 10.2 Å². The van der Waals surface area contributed by atoms with Gasteiger partial charge in [0.05, 0.1) is 6.61 Å². The van der Waals surface area contributed by atoms with Crippen LogP contribution in [-0.2, 0) is 11.2 Å². The number of carbonyl (C=O) groups is 2. The summed E-state index contributed by atoms with van der Waals surface area (Å²) in [6.07, 6.45) is 4.08. The van der Waals surface area contributed by atoms with E-state index in [4.69, 9.17) is 9.47 Å². The van der Waals surface area contributed by atoms with Crippen molar-refractivity contribution in [1.29, 1.82) is 0 Å². The molecule has 2 aromatic rings. The summed E-state index contributed by atoms with van der Waals surface area (Å²) in [6.45, 7) is 4.46. The van der Waals surface area contributed by atoms with Gasteiger partial charge in [-0.05, 0) is 62.3 Å². The third-order valence-electron chi connectivity index (χ3n) is 4.80. The quantitative estimate of drug-likeness (QED) is 0.679. The molecule has 0 saturated carbocycles. The molecular formula is C22H28N2O4S. The maximum Gasteiger partial charge on any atom is 0.260 e. The van der Waals surface area contributed by atoms with E-state index >= 15 is 0 Å². The van der Waals surface area contributed by atoms with Crippen molar-refractivity contribution in [3.05, 3.63) is 46.2 Å². The summed E-state index contributed by atoms with van der Waals surface area (Å²) in [4.78, 5) is 27.9. The second kappa shape index (κ2) is 10.9. The topological polar surface area (TPSA) is 67.9 Å². The average molecular weight is 417 g/mol. The fraction of sp³-hybridized carbons (Fsp3) is 0.455. The minimum atomic E-state index is -0.154. The molecule has 0 atom stereocenters. The number of amides is 2. The Hall–Kier alpha value is -2.54. The standard InChI is InChI=1S/C22H28N2O4S/c1-2-27-20-15-17(22(26)23-11-10-18-7-6-14-29-18)8-9-19(20)28-16-21(25)24-12-4-3-5-13-24/h6-9,14-15H,2-5,10-13,16H2,1H3,(H,23,26). The van der Waals surface area contributed by atoms with Gasteiger partial charge in [-0.1, -0.05) is 6.07 Å². The van der Waals surface area contributed by atoms with Crippen molar-refractivity contribution in [2.24, 2.45) is 0 Å². The number of benzene rings is 1. The van der Waals surface area contributed by atoms with E-state index in [1.54, 1.807) is 29.5 Å². The number of thiophene rings is 1. The van der Waals surface area contributed by atoms with Crippen LogP contribution < -0.4 is 14.8 Å². The van der Waals surface area contributed by atoms with Crippen molar-refractivity contribution >= 4 is 23.2 Å². The minimum absolute atomic E-state index is 0.0115. The molecule has 1 fully saturated rings. The zero-order valence-electron chi connectivity index (χ0n) is 16.8. The van der Waals surface area contributed by atoms with Crippen LogP contribution in [-0.4, -0.2) is 49.6 Å². The first kappa shape index (κ1) is 21.2. The van der Waals surface area contributed by atoms with Crippen LogP contribution in [0.4, 0.5) is 0 Å². The molecule has 0 aliphatic carbocycles. The van der Waals surface area contributed by atoms with E-state index in [0.717, 1.165) is 32.4 Å². The van der Waals surface area contributed by atoms with Gasteiger partial charge < -0.3 is 19.7 Å². The van der Waals surface area contributed by atoms with E-state index in [1.165, 1.54) is 11.3 Å². The molecule has 0 spiro atoms. The van der Waals surface area contributed by atoms with Crippen LogP contribution in [0.1, 0.15) is 41.4 Å². The van der Waals surface area contributed by atoms with Crippen LogP contribution in [0.25, 0.3) is 0 Å². The van der Waals surface area contributed by atoms with E-state index in [-0.39, 0.29) is 18.4 Å². The maximum atomic E-state index is 12.4. The fourth-order valence-electron chi connectivity index (χ4n) is 3.27. The normalized spacial score (nSPS) is 13.8. The Morgan fingerprint density at radius 1 is 1.10 bits per heavy atom. The molecular weight excluding hydrogens is 388 g/mol. The Morgan fingerprint density at radius 2 is 1.93 bits per heavy atom. The highest BCUT2D eigenvalue weighted by Crippen LogP contribution is 2.28. The summed E-state index contributed by atoms with van der Waals surface area (Å²) < 4.78 is 11.4. The highest BCUT2D eigenvalue weighted by Gasteiger charge is 2.18. The lowest BCUT2D eigenvalue weighted by atomic mass is 10.1. The Morgan fingerprint density at radius 3 is 2.66 bits per heavy atom. The van der Waals surface area contributed by atoms with Gasteiger partial charge in [0.15, 0.2) is 18.1 Å². The van der Waals surface area contributed by atoms with Gasteiger partial charge in [0, 0.05) is 30.1 Å². The number of likely N-dealkylation sites (tertiary alicyclic amines) is 1. The van der Waals surface area contributed by atoms with E-state index in [0.29, 0.717) is 30.2 Å². The van der Waals surface area contributed by atoms with Crippen molar-refractivity contribution < 1.29 is 19.1 Å². The van der Waals surface area contributed by atoms with Gasteiger partial charge in [0.2, 0.25) is 0 Å². The molecule has 0 unspecified atom stereocenters. The molecule has 6 nitrogen and oxygen atoms in total. The van der Waals surface area contributed by atoms with E-state index in [2.05, 4.69) is 11.4 Å². The summed E-state index contributed by atoms with van der Waals surface area (Å²) in [7, 11) is 0. The maximum absolute atomic E-state index is 12.4. The number of rotatable bonds is 9.